The molecular weight excluding hydrogens is 516 g/mol. The summed E-state index contributed by atoms with van der Waals surface area (Å²) in [6.45, 7) is 3.60. The largest absolute Gasteiger partial charge is 0.507 e. The van der Waals surface area contributed by atoms with E-state index in [4.69, 9.17) is 9.47 Å². The molecule has 0 amide bonds. The van der Waals surface area contributed by atoms with Gasteiger partial charge in [0.15, 0.2) is 5.78 Å². The average Bonchev–Trinajstić information content (AvgIpc) is 2.89. The molecule has 0 aromatic heterocycles. The first-order valence-electron chi connectivity index (χ1n) is 12.5. The summed E-state index contributed by atoms with van der Waals surface area (Å²) in [4.78, 5) is 34.6. The molecule has 0 saturated carbocycles. The summed E-state index contributed by atoms with van der Waals surface area (Å²) in [5, 5.41) is 73.8. The standard InChI is InChI=1S/C27H34O12/c1-12(5-4-8-28)6-7-27(37)18(11-29)39-26(23(33)24(27)34)38-17-10-15(25(35)36)9-16-20(17)22(32)19(14(3)30)13(2)21(16)31/h8-10,12,18,23-24,26,29,31-34,37H,4-7,11H2,1-3H3,(H,35,36). The molecule has 6 unspecified atom stereocenters. The van der Waals surface area contributed by atoms with Gasteiger partial charge in [0.1, 0.15) is 47.4 Å². The van der Waals surface area contributed by atoms with Crippen molar-refractivity contribution in [1.29, 1.82) is 0 Å². The van der Waals surface area contributed by atoms with E-state index in [2.05, 4.69) is 0 Å². The third kappa shape index (κ3) is 5.70. The third-order valence-corrected chi connectivity index (χ3v) is 7.35. The van der Waals surface area contributed by atoms with Crippen LogP contribution in [0.4, 0.5) is 0 Å². The van der Waals surface area contributed by atoms with Gasteiger partial charge < -0.3 is 50.0 Å². The first-order valence-corrected chi connectivity index (χ1v) is 12.5. The fraction of sp³-hybridized carbons (Fsp3) is 0.519. The van der Waals surface area contributed by atoms with E-state index in [1.807, 2.05) is 6.92 Å². The SMILES string of the molecule is CC(=O)c1c(C)c(O)c2cc(C(=O)O)cc(OC3OC(CO)C(O)(CCC(C)CCC=O)C(O)C3O)c2c1O. The number of hydrogen-bond acceptors (Lipinski definition) is 11. The van der Waals surface area contributed by atoms with Crippen LogP contribution >= 0.6 is 0 Å². The molecular formula is C27H34O12. The molecule has 1 aliphatic heterocycles. The second-order valence-corrected chi connectivity index (χ2v) is 10.1. The Morgan fingerprint density at radius 3 is 2.41 bits per heavy atom. The van der Waals surface area contributed by atoms with Crippen molar-refractivity contribution in [3.8, 4) is 17.2 Å². The molecule has 214 valence electrons. The van der Waals surface area contributed by atoms with Crippen molar-refractivity contribution in [3.05, 3.63) is 28.8 Å². The number of carbonyl (C=O) groups is 3. The normalized spacial score (nSPS) is 25.8. The first-order chi connectivity index (χ1) is 18.3. The molecule has 2 aromatic rings. The summed E-state index contributed by atoms with van der Waals surface area (Å²) >= 11 is 0. The lowest BCUT2D eigenvalue weighted by atomic mass is 9.79. The van der Waals surface area contributed by atoms with Crippen molar-refractivity contribution in [1.82, 2.24) is 0 Å². The van der Waals surface area contributed by atoms with E-state index in [1.54, 1.807) is 0 Å². The summed E-state index contributed by atoms with van der Waals surface area (Å²) in [6, 6.07) is 2.06. The van der Waals surface area contributed by atoms with Crippen molar-refractivity contribution in [3.63, 3.8) is 0 Å². The summed E-state index contributed by atoms with van der Waals surface area (Å²) in [5.74, 6) is -3.50. The van der Waals surface area contributed by atoms with Crippen LogP contribution in [0.1, 0.15) is 65.8 Å². The number of Topliss-reactive ketones (excluding diaryl/α,β-unsaturated/α-hetero) is 1. The van der Waals surface area contributed by atoms with Crippen LogP contribution in [0, 0.1) is 12.8 Å². The number of aliphatic hydroxyl groups is 4. The highest BCUT2D eigenvalue weighted by Gasteiger charge is 2.55. The van der Waals surface area contributed by atoms with Gasteiger partial charge in [-0.3, -0.25) is 4.79 Å². The van der Waals surface area contributed by atoms with E-state index < -0.39 is 65.8 Å². The van der Waals surface area contributed by atoms with Gasteiger partial charge >= 0.3 is 5.97 Å². The lowest BCUT2D eigenvalue weighted by Gasteiger charge is -2.48. The van der Waals surface area contributed by atoms with Crippen LogP contribution in [-0.2, 0) is 9.53 Å². The number of ether oxygens (including phenoxy) is 2. The van der Waals surface area contributed by atoms with Gasteiger partial charge in [0.05, 0.1) is 23.1 Å². The Balaban J connectivity index is 2.04. The average molecular weight is 551 g/mol. The van der Waals surface area contributed by atoms with E-state index in [0.717, 1.165) is 25.3 Å². The Morgan fingerprint density at radius 2 is 1.85 bits per heavy atom. The fourth-order valence-corrected chi connectivity index (χ4v) is 5.02. The number of carbonyl (C=O) groups excluding carboxylic acids is 2. The predicted octanol–water partition coefficient (Wildman–Crippen LogP) is 1.40. The minimum Gasteiger partial charge on any atom is -0.507 e. The number of phenolic OH excluding ortho intramolecular Hbond substituents is 2. The van der Waals surface area contributed by atoms with Gasteiger partial charge in [0.25, 0.3) is 0 Å². The highest BCUT2D eigenvalue weighted by molar-refractivity contribution is 6.11. The molecule has 0 radical (unpaired) electrons. The number of benzene rings is 2. The molecule has 1 aliphatic rings. The van der Waals surface area contributed by atoms with Gasteiger partial charge in [-0.1, -0.05) is 6.92 Å². The van der Waals surface area contributed by atoms with Crippen LogP contribution in [0.2, 0.25) is 0 Å². The zero-order chi connectivity index (χ0) is 29.2. The van der Waals surface area contributed by atoms with Crippen LogP contribution < -0.4 is 4.74 Å². The van der Waals surface area contributed by atoms with Gasteiger partial charge in [-0.15, -0.1) is 0 Å². The molecule has 39 heavy (non-hydrogen) atoms. The number of hydrogen-bond donors (Lipinski definition) is 7. The number of fused-ring (bicyclic) bond motifs is 1. The minimum absolute atomic E-state index is 0.0122. The van der Waals surface area contributed by atoms with Crippen LogP contribution in [-0.4, -0.2) is 90.6 Å². The number of aromatic carboxylic acids is 1. The van der Waals surface area contributed by atoms with Crippen molar-refractivity contribution in [2.24, 2.45) is 5.92 Å². The van der Waals surface area contributed by atoms with E-state index in [1.165, 1.54) is 6.92 Å². The molecule has 2 aromatic carbocycles. The Kier molecular flexibility index (Phi) is 9.19. The monoisotopic (exact) mass is 550 g/mol. The number of aliphatic hydroxyl groups excluding tert-OH is 3. The predicted molar refractivity (Wildman–Crippen MR) is 136 cm³/mol. The smallest absolute Gasteiger partial charge is 0.335 e. The van der Waals surface area contributed by atoms with E-state index in [0.29, 0.717) is 19.3 Å². The van der Waals surface area contributed by atoms with Crippen molar-refractivity contribution in [2.75, 3.05) is 6.61 Å². The maximum absolute atomic E-state index is 12.2. The quantitative estimate of drug-likeness (QED) is 0.120. The zero-order valence-corrected chi connectivity index (χ0v) is 21.8. The molecule has 7 N–H and O–H groups in total. The lowest BCUT2D eigenvalue weighted by molar-refractivity contribution is -0.315. The Bertz CT molecular complexity index is 1250. The highest BCUT2D eigenvalue weighted by Crippen LogP contribution is 2.46. The molecule has 12 heteroatoms. The van der Waals surface area contributed by atoms with E-state index in [9.17, 15) is 50.1 Å². The number of carboxylic acid groups (broad SMARTS) is 1. The number of ketones is 1. The van der Waals surface area contributed by atoms with Gasteiger partial charge in [0.2, 0.25) is 6.29 Å². The Morgan fingerprint density at radius 1 is 1.18 bits per heavy atom. The van der Waals surface area contributed by atoms with E-state index >= 15 is 0 Å². The number of rotatable bonds is 11. The van der Waals surface area contributed by atoms with Gasteiger partial charge in [-0.05, 0) is 51.2 Å². The summed E-state index contributed by atoms with van der Waals surface area (Å²) in [6.07, 6.45) is -5.10. The fourth-order valence-electron chi connectivity index (χ4n) is 5.02. The highest BCUT2D eigenvalue weighted by atomic mass is 16.7. The molecule has 1 fully saturated rings. The zero-order valence-electron chi connectivity index (χ0n) is 21.8. The topological polar surface area (TPSA) is 211 Å². The molecule has 1 saturated heterocycles. The van der Waals surface area contributed by atoms with Gasteiger partial charge in [-0.25, -0.2) is 4.79 Å². The minimum atomic E-state index is -2.09. The number of phenols is 2. The van der Waals surface area contributed by atoms with Crippen LogP contribution in [0.25, 0.3) is 10.8 Å². The number of aromatic hydroxyl groups is 2. The van der Waals surface area contributed by atoms with Crippen molar-refractivity contribution >= 4 is 28.8 Å². The van der Waals surface area contributed by atoms with Crippen LogP contribution in [0.5, 0.6) is 17.2 Å². The molecule has 6 atom stereocenters. The first kappa shape index (κ1) is 30.3. The van der Waals surface area contributed by atoms with Crippen LogP contribution in [0.15, 0.2) is 12.1 Å². The number of carboxylic acids is 1. The summed E-state index contributed by atoms with van der Waals surface area (Å²) in [7, 11) is 0. The molecule has 0 spiro atoms. The van der Waals surface area contributed by atoms with Crippen LogP contribution in [0.3, 0.4) is 0 Å². The summed E-state index contributed by atoms with van der Waals surface area (Å²) in [5.41, 5.74) is -2.68. The maximum Gasteiger partial charge on any atom is 0.335 e. The lowest BCUT2D eigenvalue weighted by Crippen LogP contribution is -2.67. The van der Waals surface area contributed by atoms with Crippen molar-refractivity contribution in [2.45, 2.75) is 76.7 Å². The summed E-state index contributed by atoms with van der Waals surface area (Å²) < 4.78 is 11.3. The second kappa shape index (κ2) is 11.8. The molecule has 0 bridgehead atoms. The molecule has 3 rings (SSSR count). The molecule has 12 nitrogen and oxygen atoms in total. The number of aldehydes is 1. The molecule has 0 aliphatic carbocycles. The second-order valence-electron chi connectivity index (χ2n) is 10.1. The van der Waals surface area contributed by atoms with E-state index in [-0.39, 0.29) is 39.8 Å². The maximum atomic E-state index is 12.2. The Labute approximate surface area is 224 Å². The molecule has 1 heterocycles. The third-order valence-electron chi connectivity index (χ3n) is 7.35. The van der Waals surface area contributed by atoms with Crippen molar-refractivity contribution < 1.29 is 59.6 Å². The van der Waals surface area contributed by atoms with Gasteiger partial charge in [0, 0.05) is 17.4 Å². The van der Waals surface area contributed by atoms with Gasteiger partial charge in [-0.2, -0.15) is 0 Å². The Hall–Kier alpha value is -3.29.